The molecule has 182 valence electrons. The number of pyridine rings is 1. The van der Waals surface area contributed by atoms with Crippen LogP contribution in [0.15, 0.2) is 67.0 Å². The highest BCUT2D eigenvalue weighted by atomic mass is 16.5. The number of hydrogen-bond donors (Lipinski definition) is 1. The minimum atomic E-state index is -1.16. The van der Waals surface area contributed by atoms with Crippen LogP contribution >= 0.6 is 0 Å². The third-order valence-corrected chi connectivity index (χ3v) is 5.39. The van der Waals surface area contributed by atoms with Crippen LogP contribution in [-0.4, -0.2) is 34.7 Å². The van der Waals surface area contributed by atoms with Crippen LogP contribution in [0.1, 0.15) is 59.5 Å². The van der Waals surface area contributed by atoms with E-state index < -0.39 is 17.5 Å². The zero-order chi connectivity index (χ0) is 25.6. The van der Waals surface area contributed by atoms with Crippen molar-refractivity contribution in [3.8, 4) is 11.5 Å². The quantitative estimate of drug-likeness (QED) is 0.482. The van der Waals surface area contributed by atoms with Crippen LogP contribution in [0.4, 0.5) is 5.69 Å². The highest BCUT2D eigenvalue weighted by molar-refractivity contribution is 6.11. The number of aromatic carboxylic acids is 1. The highest BCUT2D eigenvalue weighted by Crippen LogP contribution is 2.42. The summed E-state index contributed by atoms with van der Waals surface area (Å²) in [6.45, 7) is 8.04. The van der Waals surface area contributed by atoms with E-state index in [-0.39, 0.29) is 17.7 Å². The second-order valence-electron chi connectivity index (χ2n) is 8.16. The fourth-order valence-electron chi connectivity index (χ4n) is 3.77. The first kappa shape index (κ1) is 25.5. The van der Waals surface area contributed by atoms with E-state index in [0.717, 1.165) is 11.1 Å². The normalized spacial score (nSPS) is 12.9. The maximum atomic E-state index is 13.6. The van der Waals surface area contributed by atoms with Crippen LogP contribution in [0.3, 0.4) is 0 Å². The molecule has 0 saturated carbocycles. The molecular weight excluding hydrogens is 444 g/mol. The number of rotatable bonds is 6. The molecule has 0 unspecified atom stereocenters. The minimum Gasteiger partial charge on any atom is -0.492 e. The van der Waals surface area contributed by atoms with Crippen molar-refractivity contribution in [2.24, 2.45) is 0 Å². The van der Waals surface area contributed by atoms with Gasteiger partial charge in [0.25, 0.3) is 5.91 Å². The van der Waals surface area contributed by atoms with Crippen molar-refractivity contribution in [3.63, 3.8) is 0 Å². The summed E-state index contributed by atoms with van der Waals surface area (Å²) in [7, 11) is 1.56. The number of carbonyl (C=O) groups excluding carboxylic acids is 1. The molecule has 7 nitrogen and oxygen atoms in total. The summed E-state index contributed by atoms with van der Waals surface area (Å²) >= 11 is 0. The fraction of sp³-hybridized carbons (Fsp3) is 0.250. The van der Waals surface area contributed by atoms with Crippen molar-refractivity contribution in [1.29, 1.82) is 0 Å². The molecule has 0 radical (unpaired) electrons. The molecule has 1 aliphatic rings. The number of amides is 1. The SMILES string of the molecule is CC.COc1c(CN(C(=O)c2ccccc2C(=O)O)c2ccncc2)ccc2c1OC(C)(C)C=C2. The number of carboxylic acids is 1. The van der Waals surface area contributed by atoms with Gasteiger partial charge in [-0.05, 0) is 44.2 Å². The monoisotopic (exact) mass is 474 g/mol. The number of carbonyl (C=O) groups is 2. The maximum Gasteiger partial charge on any atom is 0.336 e. The Balaban J connectivity index is 0.00000167. The van der Waals surface area contributed by atoms with Gasteiger partial charge in [0, 0.05) is 29.2 Å². The Hall–Kier alpha value is -4.13. The Bertz CT molecular complexity index is 1240. The highest BCUT2D eigenvalue weighted by Gasteiger charge is 2.28. The molecule has 0 aliphatic carbocycles. The second kappa shape index (κ2) is 10.9. The number of hydrogen-bond acceptors (Lipinski definition) is 5. The van der Waals surface area contributed by atoms with Crippen LogP contribution in [-0.2, 0) is 6.54 Å². The van der Waals surface area contributed by atoms with Gasteiger partial charge in [-0.3, -0.25) is 9.78 Å². The number of methoxy groups -OCH3 is 1. The van der Waals surface area contributed by atoms with E-state index in [1.165, 1.54) is 17.0 Å². The summed E-state index contributed by atoms with van der Waals surface area (Å²) in [6, 6.07) is 13.4. The van der Waals surface area contributed by atoms with Gasteiger partial charge in [-0.1, -0.05) is 44.2 Å². The van der Waals surface area contributed by atoms with E-state index in [9.17, 15) is 14.7 Å². The first-order chi connectivity index (χ1) is 16.8. The summed E-state index contributed by atoms with van der Waals surface area (Å²) in [5.74, 6) is -0.471. The number of anilines is 1. The molecule has 3 aromatic rings. The van der Waals surface area contributed by atoms with Crippen molar-refractivity contribution in [2.45, 2.75) is 39.8 Å². The zero-order valence-electron chi connectivity index (χ0n) is 20.6. The van der Waals surface area contributed by atoms with E-state index >= 15 is 0 Å². The average Bonchev–Trinajstić information content (AvgIpc) is 2.87. The molecule has 0 bridgehead atoms. The Morgan fingerprint density at radius 2 is 1.69 bits per heavy atom. The summed E-state index contributed by atoms with van der Waals surface area (Å²) in [6.07, 6.45) is 7.13. The third kappa shape index (κ3) is 5.51. The van der Waals surface area contributed by atoms with Gasteiger partial charge < -0.3 is 19.5 Å². The van der Waals surface area contributed by atoms with Gasteiger partial charge in [0.15, 0.2) is 11.5 Å². The Labute approximate surface area is 205 Å². The topological polar surface area (TPSA) is 89.0 Å². The third-order valence-electron chi connectivity index (χ3n) is 5.39. The molecule has 7 heteroatoms. The predicted octanol–water partition coefficient (Wildman–Crippen LogP) is 5.85. The van der Waals surface area contributed by atoms with Gasteiger partial charge in [0.2, 0.25) is 0 Å². The van der Waals surface area contributed by atoms with Crippen molar-refractivity contribution < 1.29 is 24.2 Å². The maximum absolute atomic E-state index is 13.6. The van der Waals surface area contributed by atoms with Crippen molar-refractivity contribution in [1.82, 2.24) is 4.98 Å². The van der Waals surface area contributed by atoms with E-state index in [0.29, 0.717) is 17.2 Å². The van der Waals surface area contributed by atoms with Gasteiger partial charge in [-0.2, -0.15) is 0 Å². The van der Waals surface area contributed by atoms with Crippen molar-refractivity contribution >= 4 is 23.6 Å². The summed E-state index contributed by atoms with van der Waals surface area (Å²) in [4.78, 5) is 30.9. The number of ether oxygens (including phenoxy) is 2. The lowest BCUT2D eigenvalue weighted by Crippen LogP contribution is -2.32. The second-order valence-corrected chi connectivity index (χ2v) is 8.16. The van der Waals surface area contributed by atoms with E-state index in [1.54, 1.807) is 43.8 Å². The van der Waals surface area contributed by atoms with Crippen LogP contribution in [0.5, 0.6) is 11.5 Å². The van der Waals surface area contributed by atoms with Gasteiger partial charge in [-0.15, -0.1) is 0 Å². The first-order valence-corrected chi connectivity index (χ1v) is 11.4. The Morgan fingerprint density at radius 3 is 2.31 bits per heavy atom. The molecule has 0 saturated heterocycles. The number of benzene rings is 2. The first-order valence-electron chi connectivity index (χ1n) is 11.4. The molecule has 1 N–H and O–H groups in total. The molecule has 0 atom stereocenters. The molecule has 1 amide bonds. The summed E-state index contributed by atoms with van der Waals surface area (Å²) in [5, 5.41) is 9.60. The fourth-order valence-corrected chi connectivity index (χ4v) is 3.77. The van der Waals surface area contributed by atoms with Gasteiger partial charge in [0.05, 0.1) is 24.8 Å². The number of aromatic nitrogens is 1. The predicted molar refractivity (Wildman–Crippen MR) is 136 cm³/mol. The standard InChI is InChI=1S/C26H24N2O5.C2H6/c1-26(2)13-10-17-8-9-18(22(32-3)23(17)33-26)16-28(19-11-14-27-15-12-19)24(29)20-6-4-5-7-21(20)25(30)31;1-2/h4-15H,16H2,1-3H3,(H,30,31);1-2H3. The Morgan fingerprint density at radius 1 is 1.03 bits per heavy atom. The summed E-state index contributed by atoms with van der Waals surface area (Å²) < 4.78 is 11.9. The zero-order valence-corrected chi connectivity index (χ0v) is 20.6. The van der Waals surface area contributed by atoms with Crippen LogP contribution in [0, 0.1) is 0 Å². The lowest BCUT2D eigenvalue weighted by molar-refractivity contribution is 0.0692. The van der Waals surface area contributed by atoms with Gasteiger partial charge in [0.1, 0.15) is 5.60 Å². The van der Waals surface area contributed by atoms with E-state index in [2.05, 4.69) is 4.98 Å². The number of carboxylic acid groups (broad SMARTS) is 1. The molecule has 0 spiro atoms. The molecule has 2 heterocycles. The lowest BCUT2D eigenvalue weighted by Gasteiger charge is -2.31. The largest absolute Gasteiger partial charge is 0.492 e. The Kier molecular flexibility index (Phi) is 7.91. The van der Waals surface area contributed by atoms with Crippen LogP contribution < -0.4 is 14.4 Å². The lowest BCUT2D eigenvalue weighted by atomic mass is 9.99. The van der Waals surface area contributed by atoms with Crippen molar-refractivity contribution in [2.75, 3.05) is 12.0 Å². The number of fused-ring (bicyclic) bond motifs is 1. The smallest absolute Gasteiger partial charge is 0.336 e. The molecule has 0 fully saturated rings. The molecule has 35 heavy (non-hydrogen) atoms. The molecular formula is C28H30N2O5. The minimum absolute atomic E-state index is 0.0609. The van der Waals surface area contributed by atoms with E-state index in [4.69, 9.17) is 9.47 Å². The molecule has 4 rings (SSSR count). The van der Waals surface area contributed by atoms with Crippen LogP contribution in [0.25, 0.3) is 6.08 Å². The number of nitrogens with zero attached hydrogens (tertiary/aromatic N) is 2. The van der Waals surface area contributed by atoms with E-state index in [1.807, 2.05) is 52.0 Å². The molecule has 1 aliphatic heterocycles. The van der Waals surface area contributed by atoms with Gasteiger partial charge in [-0.25, -0.2) is 4.79 Å². The van der Waals surface area contributed by atoms with Gasteiger partial charge >= 0.3 is 5.97 Å². The molecule has 1 aromatic heterocycles. The average molecular weight is 475 g/mol. The van der Waals surface area contributed by atoms with Crippen molar-refractivity contribution in [3.05, 3.63) is 89.3 Å². The summed E-state index contributed by atoms with van der Waals surface area (Å²) in [5.41, 5.74) is 1.72. The molecule has 2 aromatic carbocycles. The van der Waals surface area contributed by atoms with Crippen LogP contribution in [0.2, 0.25) is 0 Å².